The molecule has 0 heterocycles. The minimum atomic E-state index is -0.770. The van der Waals surface area contributed by atoms with E-state index in [9.17, 15) is 8.78 Å². The Labute approximate surface area is 120 Å². The Hall–Kier alpha value is -0.960. The van der Waals surface area contributed by atoms with Crippen LogP contribution < -0.4 is 5.32 Å². The average Bonchev–Trinajstić information content (AvgIpc) is 2.40. The lowest BCUT2D eigenvalue weighted by Gasteiger charge is -2.38. The Kier molecular flexibility index (Phi) is 4.79. The number of benzene rings is 1. The molecule has 20 heavy (non-hydrogen) atoms. The van der Waals surface area contributed by atoms with Crippen LogP contribution in [0.25, 0.3) is 0 Å². The molecule has 0 aromatic heterocycles. The molecule has 3 heteroatoms. The van der Waals surface area contributed by atoms with Gasteiger partial charge in [-0.25, -0.2) is 8.78 Å². The van der Waals surface area contributed by atoms with Gasteiger partial charge in [-0.1, -0.05) is 26.8 Å². The number of nitrogens with one attached hydrogen (secondary N) is 1. The van der Waals surface area contributed by atoms with Crippen molar-refractivity contribution in [3.05, 3.63) is 35.4 Å². The first-order chi connectivity index (χ1) is 9.43. The minimum absolute atomic E-state index is 0.131. The fourth-order valence-corrected chi connectivity index (χ4v) is 3.24. The molecule has 0 spiro atoms. The fourth-order valence-electron chi connectivity index (χ4n) is 3.24. The van der Waals surface area contributed by atoms with Gasteiger partial charge >= 0.3 is 0 Å². The summed E-state index contributed by atoms with van der Waals surface area (Å²) in [4.78, 5) is 0. The zero-order chi connectivity index (χ0) is 14.8. The molecule has 1 nitrogen and oxygen atoms in total. The normalized spacial score (nSPS) is 20.9. The molecular formula is C17H25F2N. The molecule has 112 valence electrons. The van der Waals surface area contributed by atoms with E-state index in [4.69, 9.17) is 0 Å². The van der Waals surface area contributed by atoms with Crippen molar-refractivity contribution in [1.82, 2.24) is 5.32 Å². The van der Waals surface area contributed by atoms with E-state index in [1.807, 2.05) is 0 Å². The maximum absolute atomic E-state index is 13.5. The smallest absolute Gasteiger partial charge is 0.159 e. The molecule has 0 aliphatic heterocycles. The molecule has 1 saturated carbocycles. The molecule has 2 rings (SSSR count). The van der Waals surface area contributed by atoms with E-state index >= 15 is 0 Å². The highest BCUT2D eigenvalue weighted by Crippen LogP contribution is 2.42. The molecular weight excluding hydrogens is 256 g/mol. The molecule has 0 bridgehead atoms. The van der Waals surface area contributed by atoms with E-state index < -0.39 is 11.6 Å². The van der Waals surface area contributed by atoms with Gasteiger partial charge in [0.25, 0.3) is 0 Å². The largest absolute Gasteiger partial charge is 0.310 e. The molecule has 0 saturated heterocycles. The van der Waals surface area contributed by atoms with Crippen molar-refractivity contribution in [2.24, 2.45) is 11.3 Å². The molecule has 1 aromatic carbocycles. The summed E-state index contributed by atoms with van der Waals surface area (Å²) in [5, 5.41) is 3.45. The van der Waals surface area contributed by atoms with Gasteiger partial charge in [-0.2, -0.15) is 0 Å². The van der Waals surface area contributed by atoms with Crippen LogP contribution in [-0.4, -0.2) is 6.54 Å². The van der Waals surface area contributed by atoms with E-state index in [1.165, 1.54) is 25.0 Å². The van der Waals surface area contributed by atoms with Gasteiger partial charge in [0.1, 0.15) is 0 Å². The van der Waals surface area contributed by atoms with E-state index in [2.05, 4.69) is 26.1 Å². The van der Waals surface area contributed by atoms with Gasteiger partial charge in [0.05, 0.1) is 0 Å². The third-order valence-electron chi connectivity index (χ3n) is 4.58. The highest BCUT2D eigenvalue weighted by atomic mass is 19.2. The van der Waals surface area contributed by atoms with Gasteiger partial charge < -0.3 is 5.32 Å². The average molecular weight is 281 g/mol. The minimum Gasteiger partial charge on any atom is -0.310 e. The van der Waals surface area contributed by atoms with Gasteiger partial charge in [-0.05, 0) is 61.3 Å². The number of halogens is 2. The Morgan fingerprint density at radius 2 is 1.85 bits per heavy atom. The Morgan fingerprint density at radius 3 is 2.40 bits per heavy atom. The van der Waals surface area contributed by atoms with Crippen LogP contribution in [-0.2, 0) is 0 Å². The second-order valence-corrected chi connectivity index (χ2v) is 6.71. The lowest BCUT2D eigenvalue weighted by molar-refractivity contribution is 0.162. The lowest BCUT2D eigenvalue weighted by Crippen LogP contribution is -2.33. The van der Waals surface area contributed by atoms with Crippen molar-refractivity contribution in [3.63, 3.8) is 0 Å². The lowest BCUT2D eigenvalue weighted by atomic mass is 9.70. The van der Waals surface area contributed by atoms with Crippen LogP contribution in [0.5, 0.6) is 0 Å². The summed E-state index contributed by atoms with van der Waals surface area (Å²) in [5.74, 6) is -1.01. The predicted octanol–water partition coefficient (Wildman–Crippen LogP) is 4.83. The molecule has 1 fully saturated rings. The SMILES string of the molecule is CCNC(c1ccc(F)c(F)c1)C1CCC(C)(C)CC1. The van der Waals surface area contributed by atoms with E-state index in [-0.39, 0.29) is 6.04 Å². The van der Waals surface area contributed by atoms with E-state index in [1.54, 1.807) is 6.07 Å². The molecule has 1 aromatic rings. The summed E-state index contributed by atoms with van der Waals surface area (Å²) in [6.45, 7) is 7.51. The van der Waals surface area contributed by atoms with Crippen LogP contribution in [0.2, 0.25) is 0 Å². The van der Waals surface area contributed by atoms with Crippen molar-refractivity contribution >= 4 is 0 Å². The first-order valence-corrected chi connectivity index (χ1v) is 7.61. The zero-order valence-electron chi connectivity index (χ0n) is 12.7. The number of hydrogen-bond donors (Lipinski definition) is 1. The summed E-state index contributed by atoms with van der Waals surface area (Å²) in [5.41, 5.74) is 1.29. The quantitative estimate of drug-likeness (QED) is 0.833. The molecule has 1 N–H and O–H groups in total. The molecule has 0 radical (unpaired) electrons. The van der Waals surface area contributed by atoms with Crippen LogP contribution >= 0.6 is 0 Å². The monoisotopic (exact) mass is 281 g/mol. The van der Waals surface area contributed by atoms with Crippen molar-refractivity contribution < 1.29 is 8.78 Å². The maximum atomic E-state index is 13.5. The molecule has 0 amide bonds. The zero-order valence-corrected chi connectivity index (χ0v) is 12.7. The first-order valence-electron chi connectivity index (χ1n) is 7.61. The highest BCUT2D eigenvalue weighted by molar-refractivity contribution is 5.22. The predicted molar refractivity (Wildman–Crippen MR) is 78.5 cm³/mol. The van der Waals surface area contributed by atoms with Crippen molar-refractivity contribution in [2.45, 2.75) is 52.5 Å². The Morgan fingerprint density at radius 1 is 1.20 bits per heavy atom. The number of hydrogen-bond acceptors (Lipinski definition) is 1. The van der Waals surface area contributed by atoms with Crippen molar-refractivity contribution in [3.8, 4) is 0 Å². The van der Waals surface area contributed by atoms with Crippen LogP contribution in [0, 0.1) is 23.0 Å². The fraction of sp³-hybridized carbons (Fsp3) is 0.647. The second-order valence-electron chi connectivity index (χ2n) is 6.71. The summed E-state index contributed by atoms with van der Waals surface area (Å²) in [6.07, 6.45) is 4.68. The third kappa shape index (κ3) is 3.57. The van der Waals surface area contributed by atoms with Crippen LogP contribution in [0.1, 0.15) is 58.1 Å². The van der Waals surface area contributed by atoms with Crippen LogP contribution in [0.15, 0.2) is 18.2 Å². The molecule has 1 aliphatic rings. The molecule has 1 aliphatic carbocycles. The summed E-state index contributed by atoms with van der Waals surface area (Å²) in [7, 11) is 0. The van der Waals surface area contributed by atoms with Gasteiger partial charge in [0.2, 0.25) is 0 Å². The first kappa shape index (κ1) is 15.4. The maximum Gasteiger partial charge on any atom is 0.159 e. The van der Waals surface area contributed by atoms with Gasteiger partial charge in [-0.3, -0.25) is 0 Å². The third-order valence-corrected chi connectivity index (χ3v) is 4.58. The second kappa shape index (κ2) is 6.21. The van der Waals surface area contributed by atoms with E-state index in [0.717, 1.165) is 24.9 Å². The van der Waals surface area contributed by atoms with E-state index in [0.29, 0.717) is 11.3 Å². The Bertz CT molecular complexity index is 446. The van der Waals surface area contributed by atoms with Gasteiger partial charge in [0, 0.05) is 6.04 Å². The summed E-state index contributed by atoms with van der Waals surface area (Å²) >= 11 is 0. The van der Waals surface area contributed by atoms with Crippen molar-refractivity contribution in [1.29, 1.82) is 0 Å². The molecule has 1 atom stereocenters. The van der Waals surface area contributed by atoms with Gasteiger partial charge in [0.15, 0.2) is 11.6 Å². The summed E-state index contributed by atoms with van der Waals surface area (Å²) < 4.78 is 26.6. The van der Waals surface area contributed by atoms with Gasteiger partial charge in [-0.15, -0.1) is 0 Å². The highest BCUT2D eigenvalue weighted by Gasteiger charge is 2.31. The van der Waals surface area contributed by atoms with Crippen LogP contribution in [0.3, 0.4) is 0 Å². The topological polar surface area (TPSA) is 12.0 Å². The summed E-state index contributed by atoms with van der Waals surface area (Å²) in [6, 6.07) is 4.43. The molecule has 1 unspecified atom stereocenters. The van der Waals surface area contributed by atoms with Crippen molar-refractivity contribution in [2.75, 3.05) is 6.54 Å². The number of rotatable bonds is 4. The Balaban J connectivity index is 2.16. The standard InChI is InChI=1S/C17H25F2N/c1-4-20-16(12-7-9-17(2,3)10-8-12)13-5-6-14(18)15(19)11-13/h5-6,11-12,16,20H,4,7-10H2,1-3H3. The van der Waals surface area contributed by atoms with Crippen LogP contribution in [0.4, 0.5) is 8.78 Å².